The van der Waals surface area contributed by atoms with Crippen molar-refractivity contribution in [3.63, 3.8) is 0 Å². The van der Waals surface area contributed by atoms with Crippen LogP contribution in [0.4, 0.5) is 0 Å². The second-order valence-corrected chi connectivity index (χ2v) is 7.49. The molecule has 0 saturated heterocycles. The first-order chi connectivity index (χ1) is 9.24. The van der Waals surface area contributed by atoms with Gasteiger partial charge in [0.1, 0.15) is 4.90 Å². The Kier molecular flexibility index (Phi) is 6.75. The molecule has 0 unspecified atom stereocenters. The van der Waals surface area contributed by atoms with Crippen LogP contribution < -0.4 is 4.72 Å². The third kappa shape index (κ3) is 5.22. The van der Waals surface area contributed by atoms with Gasteiger partial charge in [-0.25, -0.2) is 13.1 Å². The molecule has 0 atom stereocenters. The van der Waals surface area contributed by atoms with Crippen LogP contribution in [0.15, 0.2) is 17.0 Å². The zero-order valence-corrected chi connectivity index (χ0v) is 14.2. The molecule has 0 saturated carbocycles. The Hall–Kier alpha value is -0.330. The summed E-state index contributed by atoms with van der Waals surface area (Å²) in [6.45, 7) is 3.07. The van der Waals surface area contributed by atoms with E-state index in [9.17, 15) is 8.42 Å². The van der Waals surface area contributed by atoms with E-state index in [2.05, 4.69) is 9.62 Å². The number of hydrogen-bond donors (Lipinski definition) is 1. The first kappa shape index (κ1) is 17.7. The molecule has 0 bridgehead atoms. The highest BCUT2D eigenvalue weighted by Gasteiger charge is 2.18. The molecule has 0 aliphatic carbocycles. The van der Waals surface area contributed by atoms with Crippen molar-refractivity contribution in [3.05, 3.63) is 27.7 Å². The normalized spacial score (nSPS) is 12.1. The molecule has 0 amide bonds. The van der Waals surface area contributed by atoms with Gasteiger partial charge in [0.25, 0.3) is 0 Å². The quantitative estimate of drug-likeness (QED) is 0.777. The van der Waals surface area contributed by atoms with E-state index < -0.39 is 10.0 Å². The van der Waals surface area contributed by atoms with Crippen LogP contribution in [0.25, 0.3) is 0 Å². The Morgan fingerprint density at radius 1 is 1.15 bits per heavy atom. The van der Waals surface area contributed by atoms with Gasteiger partial charge in [-0.1, -0.05) is 23.2 Å². The molecular formula is C13H20Cl2N2O2S. The lowest BCUT2D eigenvalue weighted by atomic mass is 10.2. The third-order valence-corrected chi connectivity index (χ3v) is 5.16. The number of nitrogens with one attached hydrogen (secondary N) is 1. The van der Waals surface area contributed by atoms with Crippen LogP contribution in [0, 0.1) is 6.92 Å². The summed E-state index contributed by atoms with van der Waals surface area (Å²) < 4.78 is 26.9. The fraction of sp³-hybridized carbons (Fsp3) is 0.538. The minimum Gasteiger partial charge on any atom is -0.309 e. The first-order valence-electron chi connectivity index (χ1n) is 6.34. The summed E-state index contributed by atoms with van der Waals surface area (Å²) >= 11 is 11.9. The summed E-state index contributed by atoms with van der Waals surface area (Å²) in [5.41, 5.74) is 0.684. The summed E-state index contributed by atoms with van der Waals surface area (Å²) in [5, 5.41) is 0.598. The van der Waals surface area contributed by atoms with E-state index >= 15 is 0 Å². The van der Waals surface area contributed by atoms with Crippen LogP contribution in [-0.4, -0.2) is 40.5 Å². The SMILES string of the molecule is Cc1cc(S(=O)(=O)NCCCCN(C)C)c(Cl)cc1Cl. The fourth-order valence-corrected chi connectivity index (χ4v) is 3.58. The summed E-state index contributed by atoms with van der Waals surface area (Å²) in [6.07, 6.45) is 1.71. The number of halogens is 2. The minimum absolute atomic E-state index is 0.0775. The van der Waals surface area contributed by atoms with Crippen molar-refractivity contribution in [3.8, 4) is 0 Å². The smallest absolute Gasteiger partial charge is 0.242 e. The number of benzene rings is 1. The topological polar surface area (TPSA) is 49.4 Å². The molecule has 1 rings (SSSR count). The van der Waals surface area contributed by atoms with E-state index in [4.69, 9.17) is 23.2 Å². The van der Waals surface area contributed by atoms with Crippen molar-refractivity contribution in [2.75, 3.05) is 27.2 Å². The lowest BCUT2D eigenvalue weighted by Crippen LogP contribution is -2.26. The van der Waals surface area contributed by atoms with Crippen molar-refractivity contribution in [2.24, 2.45) is 0 Å². The summed E-state index contributed by atoms with van der Waals surface area (Å²) in [4.78, 5) is 2.14. The van der Waals surface area contributed by atoms with Crippen LogP contribution in [0.1, 0.15) is 18.4 Å². The minimum atomic E-state index is -3.59. The molecule has 1 aromatic rings. The van der Waals surface area contributed by atoms with Gasteiger partial charge in [-0.15, -0.1) is 0 Å². The van der Waals surface area contributed by atoms with Gasteiger partial charge in [-0.3, -0.25) is 0 Å². The van der Waals surface area contributed by atoms with E-state index in [1.165, 1.54) is 12.1 Å². The standard InChI is InChI=1S/C13H20Cl2N2O2S/c1-10-8-13(12(15)9-11(10)14)20(18,19)16-6-4-5-7-17(2)3/h8-9,16H,4-7H2,1-3H3. The largest absolute Gasteiger partial charge is 0.309 e. The van der Waals surface area contributed by atoms with Crippen molar-refractivity contribution >= 4 is 33.2 Å². The van der Waals surface area contributed by atoms with E-state index in [-0.39, 0.29) is 9.92 Å². The average Bonchev–Trinajstić information content (AvgIpc) is 2.32. The number of unbranched alkanes of at least 4 members (excludes halogenated alkanes) is 1. The summed E-state index contributed by atoms with van der Waals surface area (Å²) in [6, 6.07) is 2.95. The maximum Gasteiger partial charge on any atom is 0.242 e. The van der Waals surface area contributed by atoms with Gasteiger partial charge in [0, 0.05) is 11.6 Å². The fourth-order valence-electron chi connectivity index (χ4n) is 1.67. The van der Waals surface area contributed by atoms with Crippen LogP contribution in [0.5, 0.6) is 0 Å². The highest BCUT2D eigenvalue weighted by Crippen LogP contribution is 2.27. The van der Waals surface area contributed by atoms with E-state index in [0.717, 1.165) is 19.4 Å². The molecule has 0 spiro atoms. The van der Waals surface area contributed by atoms with E-state index in [1.807, 2.05) is 14.1 Å². The molecule has 7 heteroatoms. The Labute approximate surface area is 131 Å². The zero-order valence-electron chi connectivity index (χ0n) is 11.9. The van der Waals surface area contributed by atoms with Gasteiger partial charge in [-0.2, -0.15) is 0 Å². The van der Waals surface area contributed by atoms with Gasteiger partial charge >= 0.3 is 0 Å². The van der Waals surface area contributed by atoms with Crippen LogP contribution in [0.3, 0.4) is 0 Å². The number of nitrogens with zero attached hydrogens (tertiary/aromatic N) is 1. The Bertz CT molecular complexity index is 560. The molecule has 0 aromatic heterocycles. The van der Waals surface area contributed by atoms with Crippen molar-refractivity contribution < 1.29 is 8.42 Å². The van der Waals surface area contributed by atoms with Crippen molar-refractivity contribution in [1.29, 1.82) is 0 Å². The molecule has 20 heavy (non-hydrogen) atoms. The summed E-state index contributed by atoms with van der Waals surface area (Å²) in [5.74, 6) is 0. The number of sulfonamides is 1. The van der Waals surface area contributed by atoms with Crippen LogP contribution in [-0.2, 0) is 10.0 Å². The first-order valence-corrected chi connectivity index (χ1v) is 8.58. The molecule has 0 aliphatic rings. The highest BCUT2D eigenvalue weighted by molar-refractivity contribution is 7.89. The predicted octanol–water partition coefficient (Wildman–Crippen LogP) is 2.92. The van der Waals surface area contributed by atoms with Gasteiger partial charge in [0.2, 0.25) is 10.0 Å². The second-order valence-electron chi connectivity index (χ2n) is 4.94. The van der Waals surface area contributed by atoms with Gasteiger partial charge < -0.3 is 4.90 Å². The molecule has 114 valence electrons. The third-order valence-electron chi connectivity index (χ3n) is 2.83. The Balaban J connectivity index is 2.68. The maximum atomic E-state index is 12.2. The lowest BCUT2D eigenvalue weighted by Gasteiger charge is -2.11. The maximum absolute atomic E-state index is 12.2. The zero-order chi connectivity index (χ0) is 15.3. The molecular weight excluding hydrogens is 319 g/mol. The van der Waals surface area contributed by atoms with Crippen molar-refractivity contribution in [2.45, 2.75) is 24.7 Å². The van der Waals surface area contributed by atoms with Gasteiger partial charge in [0.15, 0.2) is 0 Å². The molecule has 0 radical (unpaired) electrons. The number of rotatable bonds is 7. The molecule has 1 aromatic carbocycles. The van der Waals surface area contributed by atoms with Crippen molar-refractivity contribution in [1.82, 2.24) is 9.62 Å². The lowest BCUT2D eigenvalue weighted by molar-refractivity contribution is 0.394. The second kappa shape index (κ2) is 7.61. The monoisotopic (exact) mass is 338 g/mol. The number of aryl methyl sites for hydroxylation is 1. The highest BCUT2D eigenvalue weighted by atomic mass is 35.5. The van der Waals surface area contributed by atoms with Gasteiger partial charge in [-0.05, 0) is 58.1 Å². The molecule has 4 nitrogen and oxygen atoms in total. The molecule has 0 aliphatic heterocycles. The molecule has 0 heterocycles. The van der Waals surface area contributed by atoms with Crippen LogP contribution >= 0.6 is 23.2 Å². The van der Waals surface area contributed by atoms with Gasteiger partial charge in [0.05, 0.1) is 5.02 Å². The van der Waals surface area contributed by atoms with Crippen LogP contribution in [0.2, 0.25) is 10.0 Å². The molecule has 1 N–H and O–H groups in total. The molecule has 0 fully saturated rings. The predicted molar refractivity (Wildman–Crippen MR) is 84.2 cm³/mol. The van der Waals surface area contributed by atoms with E-state index in [0.29, 0.717) is 17.1 Å². The Morgan fingerprint density at radius 3 is 2.40 bits per heavy atom. The van der Waals surface area contributed by atoms with E-state index in [1.54, 1.807) is 6.92 Å². The summed E-state index contributed by atoms with van der Waals surface area (Å²) in [7, 11) is 0.388. The number of hydrogen-bond acceptors (Lipinski definition) is 3. The average molecular weight is 339 g/mol. The Morgan fingerprint density at radius 2 is 1.80 bits per heavy atom.